The number of fused-ring (bicyclic) bond motifs is 12. The molecule has 1 fully saturated rings. The van der Waals surface area contributed by atoms with Crippen LogP contribution in [-0.2, 0) is 51.9 Å². The number of benzene rings is 7. The minimum Gasteiger partial charge on any atom is -0.368 e. The minimum atomic E-state index is -1.18. The van der Waals surface area contributed by atoms with Crippen LogP contribution in [-0.4, -0.2) is 50.3 Å². The van der Waals surface area contributed by atoms with Crippen molar-refractivity contribution in [3.05, 3.63) is 202 Å². The normalized spacial score (nSPS) is 20.0. The second-order valence-corrected chi connectivity index (χ2v) is 17.8. The monoisotopic (exact) mass is 915 g/mol. The van der Waals surface area contributed by atoms with Gasteiger partial charge < -0.3 is 28.1 Å². The SMILES string of the molecule is Cc1ccc(CN2C(=O)c3c(c4c5cc(F)c(F)cc5n5c4c4c3c3cc(F)c(F)cc3n4CC3OC5C(OCc4ccccc4)C(OCc4ccccc4)C3OCc3ccccc3)C2=O)cc1. The highest BCUT2D eigenvalue weighted by molar-refractivity contribution is 6.39. The summed E-state index contributed by atoms with van der Waals surface area (Å²) in [7, 11) is 0. The van der Waals surface area contributed by atoms with Gasteiger partial charge in [-0.2, -0.15) is 0 Å². The first-order valence-corrected chi connectivity index (χ1v) is 22.5. The van der Waals surface area contributed by atoms with Crippen molar-refractivity contribution >= 4 is 55.4 Å². The Balaban J connectivity index is 1.16. The Morgan fingerprint density at radius 1 is 0.544 bits per heavy atom. The van der Waals surface area contributed by atoms with Gasteiger partial charge in [0.2, 0.25) is 0 Å². The lowest BCUT2D eigenvalue weighted by atomic mass is 9.94. The third kappa shape index (κ3) is 6.82. The molecule has 0 spiro atoms. The summed E-state index contributed by atoms with van der Waals surface area (Å²) in [6, 6.07) is 40.2. The van der Waals surface area contributed by atoms with E-state index < -0.39 is 65.7 Å². The molecular formula is C55H41F4N3O6. The Kier molecular flexibility index (Phi) is 10.3. The largest absolute Gasteiger partial charge is 0.368 e. The average molecular weight is 916 g/mol. The first kappa shape index (κ1) is 42.2. The molecule has 7 aromatic carbocycles. The number of hydrogen-bond acceptors (Lipinski definition) is 6. The van der Waals surface area contributed by atoms with Crippen molar-refractivity contribution in [1.29, 1.82) is 0 Å². The van der Waals surface area contributed by atoms with Crippen LogP contribution in [0.5, 0.6) is 0 Å². The van der Waals surface area contributed by atoms with E-state index in [2.05, 4.69) is 0 Å². The first-order chi connectivity index (χ1) is 33.1. The van der Waals surface area contributed by atoms with Gasteiger partial charge in [-0.1, -0.05) is 121 Å². The Morgan fingerprint density at radius 3 is 1.57 bits per heavy atom. The predicted octanol–water partition coefficient (Wildman–Crippen LogP) is 11.2. The lowest BCUT2D eigenvalue weighted by Gasteiger charge is -2.48. The lowest BCUT2D eigenvalue weighted by Crippen LogP contribution is -2.59. The molecule has 68 heavy (non-hydrogen) atoms. The standard InChI is InChI=1S/C55H41F4N3O6/c1-30-17-19-31(20-18-30)25-61-53(63)46-44-35-21-37(56)39(58)23-41(35)60-26-43-50(65-27-32-11-5-2-6-12-32)51(66-28-33-13-7-3-8-14-33)52(67-29-34-15-9-4-10-16-34)55(68-43)62-42-24-40(59)38(57)22-36(42)45(47(46)54(61)64)49(62)48(44)60/h2-24,43,50-52,55H,25-29H2,1H3. The summed E-state index contributed by atoms with van der Waals surface area (Å²) < 4.78 is 94.9. The van der Waals surface area contributed by atoms with E-state index in [4.69, 9.17) is 18.9 Å². The van der Waals surface area contributed by atoms with E-state index in [1.165, 1.54) is 0 Å². The summed E-state index contributed by atoms with van der Waals surface area (Å²) in [5.74, 6) is -6.01. The van der Waals surface area contributed by atoms with Crippen LogP contribution in [0.25, 0.3) is 43.6 Å². The van der Waals surface area contributed by atoms with Gasteiger partial charge in [0, 0.05) is 33.7 Å². The highest BCUT2D eigenvalue weighted by Gasteiger charge is 2.52. The molecule has 0 N–H and O–H groups in total. The number of aryl methyl sites for hydroxylation is 1. The van der Waals surface area contributed by atoms with Gasteiger partial charge in [0.15, 0.2) is 29.5 Å². The number of amides is 2. The predicted molar refractivity (Wildman–Crippen MR) is 247 cm³/mol. The molecule has 3 aliphatic heterocycles. The maximum absolute atomic E-state index is 16.0. The summed E-state index contributed by atoms with van der Waals surface area (Å²) in [6.45, 7) is 2.10. The van der Waals surface area contributed by atoms with Crippen molar-refractivity contribution in [1.82, 2.24) is 14.0 Å². The van der Waals surface area contributed by atoms with Crippen LogP contribution in [0.3, 0.4) is 0 Å². The Hall–Kier alpha value is -7.16. The Labute approximate surface area is 386 Å². The molecule has 5 unspecified atom stereocenters. The van der Waals surface area contributed by atoms with Gasteiger partial charge in [0.25, 0.3) is 11.8 Å². The third-order valence-corrected chi connectivity index (χ3v) is 13.6. The average Bonchev–Trinajstić information content (AvgIpc) is 3.91. The zero-order valence-corrected chi connectivity index (χ0v) is 36.5. The molecule has 5 atom stereocenters. The number of hydrogen-bond donors (Lipinski definition) is 0. The molecule has 2 amide bonds. The van der Waals surface area contributed by atoms with Crippen molar-refractivity contribution < 1.29 is 46.1 Å². The maximum Gasteiger partial charge on any atom is 0.262 e. The number of aromatic nitrogens is 2. The number of imide groups is 1. The summed E-state index contributed by atoms with van der Waals surface area (Å²) >= 11 is 0. The Morgan fingerprint density at radius 2 is 1.01 bits per heavy atom. The van der Waals surface area contributed by atoms with Crippen molar-refractivity contribution in [2.75, 3.05) is 0 Å². The molecule has 3 aliphatic rings. The fraction of sp³-hybridized carbons (Fsp3) is 0.200. The van der Waals surface area contributed by atoms with Crippen LogP contribution in [0, 0.1) is 30.2 Å². The fourth-order valence-electron chi connectivity index (χ4n) is 10.4. The second-order valence-electron chi connectivity index (χ2n) is 17.8. The molecule has 340 valence electrons. The van der Waals surface area contributed by atoms with Crippen molar-refractivity contribution in [3.8, 4) is 0 Å². The van der Waals surface area contributed by atoms with E-state index in [1.807, 2.05) is 122 Å². The zero-order valence-electron chi connectivity index (χ0n) is 36.5. The smallest absolute Gasteiger partial charge is 0.262 e. The molecule has 9 aromatic rings. The van der Waals surface area contributed by atoms with E-state index >= 15 is 27.2 Å². The van der Waals surface area contributed by atoms with Crippen molar-refractivity contribution in [3.63, 3.8) is 0 Å². The highest BCUT2D eigenvalue weighted by Crippen LogP contribution is 2.51. The molecular weight excluding hydrogens is 875 g/mol. The van der Waals surface area contributed by atoms with Gasteiger partial charge in [0.1, 0.15) is 24.4 Å². The van der Waals surface area contributed by atoms with Gasteiger partial charge in [0.05, 0.1) is 66.1 Å². The lowest BCUT2D eigenvalue weighted by molar-refractivity contribution is -0.284. The molecule has 0 saturated carbocycles. The van der Waals surface area contributed by atoms with E-state index in [0.29, 0.717) is 11.1 Å². The second kappa shape index (κ2) is 16.6. The third-order valence-electron chi connectivity index (χ3n) is 13.6. The van der Waals surface area contributed by atoms with Crippen LogP contribution in [0.15, 0.2) is 140 Å². The van der Waals surface area contributed by atoms with Crippen molar-refractivity contribution in [2.45, 2.75) is 70.5 Å². The van der Waals surface area contributed by atoms with Gasteiger partial charge in [-0.05, 0) is 41.3 Å². The molecule has 1 saturated heterocycles. The number of ether oxygens (including phenoxy) is 4. The summed E-state index contributed by atoms with van der Waals surface area (Å²) in [6.07, 6.45) is -4.96. The highest BCUT2D eigenvalue weighted by atomic mass is 19.2. The number of halogens is 4. The van der Waals surface area contributed by atoms with Crippen LogP contribution >= 0.6 is 0 Å². The van der Waals surface area contributed by atoms with Gasteiger partial charge in [-0.25, -0.2) is 17.6 Å². The summed E-state index contributed by atoms with van der Waals surface area (Å²) in [5, 5.41) is 0.634. The molecule has 0 radical (unpaired) electrons. The number of carbonyl (C=O) groups excluding carboxylic acids is 2. The maximum atomic E-state index is 16.0. The van der Waals surface area contributed by atoms with E-state index in [0.717, 1.165) is 51.4 Å². The van der Waals surface area contributed by atoms with E-state index in [9.17, 15) is 0 Å². The van der Waals surface area contributed by atoms with Crippen LogP contribution in [0.1, 0.15) is 54.8 Å². The molecule has 0 aliphatic carbocycles. The topological polar surface area (TPSA) is 84.2 Å². The molecule has 2 aromatic heterocycles. The zero-order chi connectivity index (χ0) is 46.4. The number of nitrogens with zero attached hydrogens (tertiary/aromatic N) is 3. The van der Waals surface area contributed by atoms with Crippen molar-refractivity contribution in [2.24, 2.45) is 0 Å². The summed E-state index contributed by atoms with van der Waals surface area (Å²) in [4.78, 5) is 31.3. The van der Waals surface area contributed by atoms with Gasteiger partial charge in [-0.15, -0.1) is 0 Å². The van der Waals surface area contributed by atoms with E-state index in [1.54, 1.807) is 9.13 Å². The van der Waals surface area contributed by atoms with Crippen LogP contribution < -0.4 is 0 Å². The van der Waals surface area contributed by atoms with Crippen LogP contribution in [0.4, 0.5) is 17.6 Å². The molecule has 13 heteroatoms. The van der Waals surface area contributed by atoms with Gasteiger partial charge in [-0.3, -0.25) is 14.5 Å². The fourth-order valence-corrected chi connectivity index (χ4v) is 10.4. The van der Waals surface area contributed by atoms with E-state index in [-0.39, 0.29) is 82.1 Å². The Bertz CT molecular complexity index is 3470. The molecule has 9 nitrogen and oxygen atoms in total. The molecule has 12 rings (SSSR count). The quantitative estimate of drug-likeness (QED) is 0.0949. The molecule has 2 bridgehead atoms. The minimum absolute atomic E-state index is 0.0485. The van der Waals surface area contributed by atoms with Crippen LogP contribution in [0.2, 0.25) is 0 Å². The first-order valence-electron chi connectivity index (χ1n) is 22.5. The molecule has 5 heterocycles. The number of carbonyl (C=O) groups is 2. The summed E-state index contributed by atoms with van der Waals surface area (Å²) in [5.41, 5.74) is 5.01. The number of rotatable bonds is 11. The van der Waals surface area contributed by atoms with Gasteiger partial charge >= 0.3 is 0 Å².